The monoisotopic (exact) mass is 378 g/mol. The van der Waals surface area contributed by atoms with E-state index in [1.807, 2.05) is 36.0 Å². The Labute approximate surface area is 163 Å². The summed E-state index contributed by atoms with van der Waals surface area (Å²) in [6.07, 6.45) is 5.64. The Balaban J connectivity index is 1.47. The lowest BCUT2D eigenvalue weighted by Gasteiger charge is -2.21. The largest absolute Gasteiger partial charge is 0.337 e. The molecule has 6 heteroatoms. The molecule has 0 aliphatic heterocycles. The molecule has 4 rings (SSSR count). The van der Waals surface area contributed by atoms with Gasteiger partial charge in [-0.2, -0.15) is 0 Å². The van der Waals surface area contributed by atoms with E-state index in [1.165, 1.54) is 17.7 Å². The number of urea groups is 1. The number of amides is 2. The van der Waals surface area contributed by atoms with Crippen LogP contribution in [0.1, 0.15) is 35.8 Å². The van der Waals surface area contributed by atoms with E-state index in [2.05, 4.69) is 27.8 Å². The third-order valence-electron chi connectivity index (χ3n) is 5.42. The van der Waals surface area contributed by atoms with Crippen molar-refractivity contribution in [1.82, 2.24) is 20.2 Å². The number of rotatable bonds is 6. The molecule has 2 amide bonds. The third kappa shape index (κ3) is 3.76. The maximum Gasteiger partial charge on any atom is 0.315 e. The molecular formula is C22H23FN4O. The van der Waals surface area contributed by atoms with E-state index in [0.29, 0.717) is 12.4 Å². The molecule has 1 saturated carbocycles. The molecule has 0 spiro atoms. The van der Waals surface area contributed by atoms with E-state index in [0.717, 1.165) is 18.4 Å². The summed E-state index contributed by atoms with van der Waals surface area (Å²) >= 11 is 0. The fourth-order valence-electron chi connectivity index (χ4n) is 3.55. The van der Waals surface area contributed by atoms with Gasteiger partial charge in [0.2, 0.25) is 0 Å². The van der Waals surface area contributed by atoms with Crippen molar-refractivity contribution in [2.45, 2.75) is 24.3 Å². The number of halogens is 1. The van der Waals surface area contributed by atoms with Gasteiger partial charge in [0.05, 0.1) is 0 Å². The van der Waals surface area contributed by atoms with E-state index in [-0.39, 0.29) is 17.3 Å². The molecule has 1 aliphatic carbocycles. The number of aromatic nitrogens is 2. The Hall–Kier alpha value is -3.15. The second-order valence-corrected chi connectivity index (χ2v) is 7.35. The molecule has 3 aromatic rings. The van der Waals surface area contributed by atoms with Gasteiger partial charge in [0.1, 0.15) is 17.7 Å². The van der Waals surface area contributed by atoms with Crippen LogP contribution in [-0.2, 0) is 12.5 Å². The van der Waals surface area contributed by atoms with Crippen molar-refractivity contribution in [3.8, 4) is 0 Å². The number of benzene rings is 2. The van der Waals surface area contributed by atoms with Crippen molar-refractivity contribution in [3.63, 3.8) is 0 Å². The molecule has 0 unspecified atom stereocenters. The summed E-state index contributed by atoms with van der Waals surface area (Å²) in [7, 11) is 1.87. The molecule has 0 radical (unpaired) electrons. The molecule has 0 bridgehead atoms. The Morgan fingerprint density at radius 2 is 1.89 bits per heavy atom. The summed E-state index contributed by atoms with van der Waals surface area (Å²) < 4.78 is 15.2. The van der Waals surface area contributed by atoms with Crippen LogP contribution < -0.4 is 10.6 Å². The van der Waals surface area contributed by atoms with Gasteiger partial charge in [0, 0.05) is 31.4 Å². The summed E-state index contributed by atoms with van der Waals surface area (Å²) in [5, 5.41) is 6.01. The maximum atomic E-state index is 13.3. The van der Waals surface area contributed by atoms with Gasteiger partial charge in [-0.05, 0) is 36.1 Å². The molecule has 1 fully saturated rings. The van der Waals surface area contributed by atoms with Crippen LogP contribution in [0, 0.1) is 5.82 Å². The molecule has 1 heterocycles. The summed E-state index contributed by atoms with van der Waals surface area (Å²) in [5.41, 5.74) is 2.07. The van der Waals surface area contributed by atoms with Crippen LogP contribution >= 0.6 is 0 Å². The van der Waals surface area contributed by atoms with Gasteiger partial charge in [-0.25, -0.2) is 14.2 Å². The molecule has 1 atom stereocenters. The zero-order valence-corrected chi connectivity index (χ0v) is 15.7. The van der Waals surface area contributed by atoms with Crippen LogP contribution in [0.15, 0.2) is 67.0 Å². The fourth-order valence-corrected chi connectivity index (χ4v) is 3.55. The lowest BCUT2D eigenvalue weighted by atomic mass is 9.96. The number of hydrogen-bond acceptors (Lipinski definition) is 2. The molecular weight excluding hydrogens is 355 g/mol. The number of hydrogen-bond donors (Lipinski definition) is 2. The molecule has 0 saturated heterocycles. The van der Waals surface area contributed by atoms with Gasteiger partial charge in [-0.1, -0.05) is 42.5 Å². The van der Waals surface area contributed by atoms with Crippen LogP contribution in [-0.4, -0.2) is 22.1 Å². The van der Waals surface area contributed by atoms with Crippen molar-refractivity contribution in [2.75, 3.05) is 6.54 Å². The molecule has 2 N–H and O–H groups in total. The quantitative estimate of drug-likeness (QED) is 0.687. The number of nitrogens with one attached hydrogen (secondary N) is 2. The highest BCUT2D eigenvalue weighted by Gasteiger charge is 2.44. The summed E-state index contributed by atoms with van der Waals surface area (Å²) in [5.74, 6) is 0.372. The van der Waals surface area contributed by atoms with Gasteiger partial charge in [0.15, 0.2) is 0 Å². The van der Waals surface area contributed by atoms with Crippen LogP contribution in [0.3, 0.4) is 0 Å². The highest BCUT2D eigenvalue weighted by molar-refractivity contribution is 5.75. The first-order valence-corrected chi connectivity index (χ1v) is 9.40. The average molecular weight is 378 g/mol. The molecule has 5 nitrogen and oxygen atoms in total. The van der Waals surface area contributed by atoms with Crippen molar-refractivity contribution in [2.24, 2.45) is 7.05 Å². The summed E-state index contributed by atoms with van der Waals surface area (Å²) in [6, 6.07) is 15.7. The first-order chi connectivity index (χ1) is 13.6. The van der Waals surface area contributed by atoms with Crippen LogP contribution in [0.25, 0.3) is 0 Å². The van der Waals surface area contributed by atoms with Crippen LogP contribution in [0.5, 0.6) is 0 Å². The standard InChI is InChI=1S/C22H23FN4O/c1-27-14-13-24-20(27)19(16-7-9-18(23)10-8-16)26-21(28)25-15-22(11-12-22)17-5-3-2-4-6-17/h2-10,13-14,19H,11-12,15H2,1H3,(H2,25,26,28)/t19-/m1/s1. The Morgan fingerprint density at radius 3 is 2.50 bits per heavy atom. The predicted octanol–water partition coefficient (Wildman–Crippen LogP) is 3.68. The topological polar surface area (TPSA) is 59.0 Å². The van der Waals surface area contributed by atoms with Crippen LogP contribution in [0.2, 0.25) is 0 Å². The van der Waals surface area contributed by atoms with Crippen LogP contribution in [0.4, 0.5) is 9.18 Å². The summed E-state index contributed by atoms with van der Waals surface area (Å²) in [4.78, 5) is 17.0. The Kier molecular flexibility index (Phi) is 4.86. The molecule has 144 valence electrons. The van der Waals surface area contributed by atoms with Gasteiger partial charge < -0.3 is 15.2 Å². The van der Waals surface area contributed by atoms with Gasteiger partial charge in [-0.15, -0.1) is 0 Å². The molecule has 28 heavy (non-hydrogen) atoms. The zero-order valence-electron chi connectivity index (χ0n) is 15.7. The third-order valence-corrected chi connectivity index (χ3v) is 5.42. The number of aryl methyl sites for hydroxylation is 1. The Morgan fingerprint density at radius 1 is 1.18 bits per heavy atom. The molecule has 2 aromatic carbocycles. The number of carbonyl (C=O) groups is 1. The molecule has 1 aromatic heterocycles. The first-order valence-electron chi connectivity index (χ1n) is 9.40. The highest BCUT2D eigenvalue weighted by atomic mass is 19.1. The van der Waals surface area contributed by atoms with Crippen molar-refractivity contribution >= 4 is 6.03 Å². The van der Waals surface area contributed by atoms with E-state index >= 15 is 0 Å². The Bertz CT molecular complexity index is 948. The minimum absolute atomic E-state index is 0.0349. The fraction of sp³-hybridized carbons (Fsp3) is 0.273. The second kappa shape index (κ2) is 7.46. The number of nitrogens with zero attached hydrogens (tertiary/aromatic N) is 2. The van der Waals surface area contributed by atoms with Crippen molar-refractivity contribution in [3.05, 3.63) is 89.8 Å². The van der Waals surface area contributed by atoms with E-state index in [9.17, 15) is 9.18 Å². The lowest BCUT2D eigenvalue weighted by Crippen LogP contribution is -2.42. The SMILES string of the molecule is Cn1ccnc1[C@H](NC(=O)NCC1(c2ccccc2)CC1)c1ccc(F)cc1. The van der Waals surface area contributed by atoms with E-state index in [4.69, 9.17) is 0 Å². The second-order valence-electron chi connectivity index (χ2n) is 7.35. The average Bonchev–Trinajstić information content (AvgIpc) is 3.40. The smallest absolute Gasteiger partial charge is 0.315 e. The normalized spacial score (nSPS) is 15.6. The molecule has 1 aliphatic rings. The minimum Gasteiger partial charge on any atom is -0.337 e. The summed E-state index contributed by atoms with van der Waals surface area (Å²) in [6.45, 7) is 0.583. The van der Waals surface area contributed by atoms with Gasteiger partial charge >= 0.3 is 6.03 Å². The van der Waals surface area contributed by atoms with Crippen molar-refractivity contribution < 1.29 is 9.18 Å². The van der Waals surface area contributed by atoms with Gasteiger partial charge in [0.25, 0.3) is 0 Å². The van der Waals surface area contributed by atoms with E-state index < -0.39 is 6.04 Å². The minimum atomic E-state index is -0.465. The number of carbonyl (C=O) groups excluding carboxylic acids is 1. The van der Waals surface area contributed by atoms with E-state index in [1.54, 1.807) is 18.3 Å². The van der Waals surface area contributed by atoms with Crippen molar-refractivity contribution in [1.29, 1.82) is 0 Å². The predicted molar refractivity (Wildman–Crippen MR) is 105 cm³/mol. The zero-order chi connectivity index (χ0) is 19.6. The highest BCUT2D eigenvalue weighted by Crippen LogP contribution is 2.47. The maximum absolute atomic E-state index is 13.3. The van der Waals surface area contributed by atoms with Gasteiger partial charge in [-0.3, -0.25) is 0 Å². The lowest BCUT2D eigenvalue weighted by molar-refractivity contribution is 0.237. The first kappa shape index (κ1) is 18.2. The number of imidazole rings is 1.